The molecule has 3 aromatic rings. The number of fused-ring (bicyclic) bond motifs is 1. The third-order valence-electron chi connectivity index (χ3n) is 4.93. The summed E-state index contributed by atoms with van der Waals surface area (Å²) in [5.74, 6) is -1.27. The molecule has 0 aliphatic rings. The van der Waals surface area contributed by atoms with Crippen molar-refractivity contribution in [1.29, 1.82) is 0 Å². The fraction of sp³-hybridized carbons (Fsp3) is 0.217. The molecule has 29 heavy (non-hydrogen) atoms. The molecule has 0 aliphatic heterocycles. The van der Waals surface area contributed by atoms with Crippen molar-refractivity contribution in [3.05, 3.63) is 78.1 Å². The summed E-state index contributed by atoms with van der Waals surface area (Å²) in [5, 5.41) is 2.02. The molecular formula is C23H24FN3O2. The van der Waals surface area contributed by atoms with Crippen LogP contribution in [0.15, 0.2) is 66.7 Å². The Balaban J connectivity index is 1.87. The number of likely N-dealkylation sites (N-methyl/N-ethyl adjacent to an activating group) is 2. The number of benzene rings is 3. The van der Waals surface area contributed by atoms with Gasteiger partial charge in [0.25, 0.3) is 0 Å². The molecule has 0 radical (unpaired) electrons. The molecule has 2 amide bonds. The van der Waals surface area contributed by atoms with E-state index in [2.05, 4.69) is 0 Å². The van der Waals surface area contributed by atoms with Gasteiger partial charge in [0.05, 0.1) is 12.2 Å². The quantitative estimate of drug-likeness (QED) is 0.668. The van der Waals surface area contributed by atoms with Crippen LogP contribution in [0.3, 0.4) is 0 Å². The first-order valence-corrected chi connectivity index (χ1v) is 9.45. The zero-order valence-electron chi connectivity index (χ0n) is 16.5. The van der Waals surface area contributed by atoms with E-state index in [1.165, 1.54) is 18.2 Å². The summed E-state index contributed by atoms with van der Waals surface area (Å²) in [4.78, 5) is 28.4. The number of carbonyl (C=O) groups excluding carboxylic acids is 2. The fourth-order valence-electron chi connectivity index (χ4n) is 3.63. The maximum absolute atomic E-state index is 13.6. The topological polar surface area (TPSA) is 66.6 Å². The molecule has 0 aromatic heterocycles. The van der Waals surface area contributed by atoms with Crippen molar-refractivity contribution < 1.29 is 14.0 Å². The number of nitrogens with zero attached hydrogens (tertiary/aromatic N) is 2. The first kappa shape index (κ1) is 20.5. The van der Waals surface area contributed by atoms with Crippen LogP contribution >= 0.6 is 0 Å². The van der Waals surface area contributed by atoms with Crippen molar-refractivity contribution in [2.45, 2.75) is 13.0 Å². The minimum absolute atomic E-state index is 0.0405. The summed E-state index contributed by atoms with van der Waals surface area (Å²) in [6.07, 6.45) is 0. The molecular weight excluding hydrogens is 369 g/mol. The smallest absolute Gasteiger partial charge is 0.241 e. The number of anilines is 1. The first-order valence-electron chi connectivity index (χ1n) is 9.45. The van der Waals surface area contributed by atoms with Crippen LogP contribution in [-0.4, -0.2) is 36.9 Å². The lowest BCUT2D eigenvalue weighted by Gasteiger charge is -2.29. The zero-order chi connectivity index (χ0) is 21.0. The van der Waals surface area contributed by atoms with Gasteiger partial charge >= 0.3 is 0 Å². The van der Waals surface area contributed by atoms with Gasteiger partial charge in [0.1, 0.15) is 11.9 Å². The lowest BCUT2D eigenvalue weighted by Crippen LogP contribution is -2.43. The number of carbonyl (C=O) groups is 2. The van der Waals surface area contributed by atoms with E-state index in [1.807, 2.05) is 49.4 Å². The number of nitrogens with two attached hydrogens (primary N) is 1. The van der Waals surface area contributed by atoms with Crippen LogP contribution in [0.5, 0.6) is 0 Å². The normalized spacial score (nSPS) is 12.1. The van der Waals surface area contributed by atoms with Crippen LogP contribution in [0.25, 0.3) is 10.8 Å². The van der Waals surface area contributed by atoms with Gasteiger partial charge in [0.15, 0.2) is 0 Å². The van der Waals surface area contributed by atoms with Gasteiger partial charge in [-0.25, -0.2) is 4.39 Å². The number of amides is 2. The van der Waals surface area contributed by atoms with E-state index in [-0.39, 0.29) is 12.5 Å². The van der Waals surface area contributed by atoms with Gasteiger partial charge in [-0.3, -0.25) is 14.5 Å². The SMILES string of the molecule is CCN(C(=O)CN(C)[C@@H](C(N)=O)c1cccc(F)c1)c1cccc2ccccc12. The largest absolute Gasteiger partial charge is 0.368 e. The highest BCUT2D eigenvalue weighted by Gasteiger charge is 2.27. The van der Waals surface area contributed by atoms with Crippen molar-refractivity contribution in [3.8, 4) is 0 Å². The lowest BCUT2D eigenvalue weighted by molar-refractivity contribution is -0.125. The second kappa shape index (κ2) is 8.84. The highest BCUT2D eigenvalue weighted by atomic mass is 19.1. The number of hydrogen-bond acceptors (Lipinski definition) is 3. The molecule has 3 rings (SSSR count). The minimum atomic E-state index is -0.902. The van der Waals surface area contributed by atoms with Gasteiger partial charge in [-0.15, -0.1) is 0 Å². The van der Waals surface area contributed by atoms with E-state index < -0.39 is 17.8 Å². The molecule has 0 spiro atoms. The van der Waals surface area contributed by atoms with Gasteiger partial charge < -0.3 is 10.6 Å². The van der Waals surface area contributed by atoms with E-state index >= 15 is 0 Å². The van der Waals surface area contributed by atoms with Gasteiger partial charge in [-0.1, -0.05) is 48.5 Å². The third kappa shape index (κ3) is 4.43. The molecule has 0 heterocycles. The molecule has 0 aliphatic carbocycles. The summed E-state index contributed by atoms with van der Waals surface area (Å²) in [6.45, 7) is 2.33. The van der Waals surface area contributed by atoms with Crippen LogP contribution in [0.4, 0.5) is 10.1 Å². The number of halogens is 1. The molecule has 3 aromatic carbocycles. The second-order valence-electron chi connectivity index (χ2n) is 6.91. The van der Waals surface area contributed by atoms with E-state index in [1.54, 1.807) is 22.9 Å². The van der Waals surface area contributed by atoms with Crippen LogP contribution in [-0.2, 0) is 9.59 Å². The van der Waals surface area contributed by atoms with Gasteiger partial charge in [-0.05, 0) is 43.1 Å². The minimum Gasteiger partial charge on any atom is -0.368 e. The molecule has 0 bridgehead atoms. The van der Waals surface area contributed by atoms with Gasteiger partial charge in [0, 0.05) is 11.9 Å². The van der Waals surface area contributed by atoms with Crippen molar-refractivity contribution in [1.82, 2.24) is 4.90 Å². The summed E-state index contributed by atoms with van der Waals surface area (Å²) in [7, 11) is 1.63. The Morgan fingerprint density at radius 1 is 1.03 bits per heavy atom. The third-order valence-corrected chi connectivity index (χ3v) is 4.93. The van der Waals surface area contributed by atoms with E-state index in [0.29, 0.717) is 12.1 Å². The molecule has 0 saturated carbocycles. The Bertz CT molecular complexity index is 1030. The predicted octanol–water partition coefficient (Wildman–Crippen LogP) is 3.49. The Hall–Kier alpha value is -3.25. The van der Waals surface area contributed by atoms with Gasteiger partial charge in [0.2, 0.25) is 11.8 Å². The molecule has 150 valence electrons. The summed E-state index contributed by atoms with van der Waals surface area (Å²) >= 11 is 0. The van der Waals surface area contributed by atoms with E-state index in [0.717, 1.165) is 16.5 Å². The van der Waals surface area contributed by atoms with Crippen LogP contribution in [0.1, 0.15) is 18.5 Å². The highest BCUT2D eigenvalue weighted by Crippen LogP contribution is 2.27. The maximum atomic E-state index is 13.6. The van der Waals surface area contributed by atoms with Crippen LogP contribution in [0.2, 0.25) is 0 Å². The van der Waals surface area contributed by atoms with Crippen molar-refractivity contribution >= 4 is 28.3 Å². The zero-order valence-corrected chi connectivity index (χ0v) is 16.5. The van der Waals surface area contributed by atoms with E-state index in [4.69, 9.17) is 5.73 Å². The molecule has 0 fully saturated rings. The average molecular weight is 393 g/mol. The Morgan fingerprint density at radius 2 is 1.72 bits per heavy atom. The van der Waals surface area contributed by atoms with Crippen molar-refractivity contribution in [3.63, 3.8) is 0 Å². The second-order valence-corrected chi connectivity index (χ2v) is 6.91. The lowest BCUT2D eigenvalue weighted by atomic mass is 10.0. The Labute approximate surface area is 169 Å². The Kier molecular flexibility index (Phi) is 6.24. The molecule has 1 atom stereocenters. The monoisotopic (exact) mass is 393 g/mol. The number of hydrogen-bond donors (Lipinski definition) is 1. The molecule has 5 nitrogen and oxygen atoms in total. The fourth-order valence-corrected chi connectivity index (χ4v) is 3.63. The number of primary amides is 1. The molecule has 0 saturated heterocycles. The highest BCUT2D eigenvalue weighted by molar-refractivity contribution is 6.04. The van der Waals surface area contributed by atoms with Crippen molar-refractivity contribution in [2.75, 3.05) is 25.0 Å². The summed E-state index contributed by atoms with van der Waals surface area (Å²) < 4.78 is 13.6. The summed E-state index contributed by atoms with van der Waals surface area (Å²) in [5.41, 5.74) is 6.79. The van der Waals surface area contributed by atoms with Crippen LogP contribution < -0.4 is 10.6 Å². The molecule has 2 N–H and O–H groups in total. The van der Waals surface area contributed by atoms with Crippen LogP contribution in [0, 0.1) is 5.82 Å². The standard InChI is InChI=1S/C23H24FN3O2/c1-3-27(20-13-7-9-16-8-4-5-12-19(16)20)21(28)15-26(2)22(23(25)29)17-10-6-11-18(24)14-17/h4-14,22H,3,15H2,1-2H3,(H2,25,29)/t22-/m1/s1. The maximum Gasteiger partial charge on any atom is 0.241 e. The van der Waals surface area contributed by atoms with Crippen molar-refractivity contribution in [2.24, 2.45) is 5.73 Å². The molecule has 0 unspecified atom stereocenters. The molecule has 6 heteroatoms. The number of rotatable bonds is 7. The summed E-state index contributed by atoms with van der Waals surface area (Å²) in [6, 6.07) is 18.5. The average Bonchev–Trinajstić information content (AvgIpc) is 2.68. The van der Waals surface area contributed by atoms with Gasteiger partial charge in [-0.2, -0.15) is 0 Å². The predicted molar refractivity (Wildman–Crippen MR) is 113 cm³/mol. The Morgan fingerprint density at radius 3 is 2.41 bits per heavy atom. The first-order chi connectivity index (χ1) is 13.9. The van der Waals surface area contributed by atoms with E-state index in [9.17, 15) is 14.0 Å².